The van der Waals surface area contributed by atoms with E-state index < -0.39 is 30.5 Å². The lowest BCUT2D eigenvalue weighted by atomic mass is 9.94. The minimum Gasteiger partial charge on any atom is -0.467 e. The minimum absolute atomic E-state index is 0.273. The first-order chi connectivity index (χ1) is 14.1. The Labute approximate surface area is 171 Å². The highest BCUT2D eigenvalue weighted by molar-refractivity contribution is 7.20. The molecule has 4 rings (SSSR count). The molecule has 29 heavy (non-hydrogen) atoms. The fourth-order valence-corrected chi connectivity index (χ4v) is 4.45. The van der Waals surface area contributed by atoms with Gasteiger partial charge in [0, 0.05) is 17.7 Å². The molecule has 1 atom stereocenters. The number of amides is 1. The highest BCUT2D eigenvalue weighted by Crippen LogP contribution is 2.27. The molecule has 0 aliphatic carbocycles. The predicted octanol–water partition coefficient (Wildman–Crippen LogP) is 3.18. The Kier molecular flexibility index (Phi) is 5.31. The van der Waals surface area contributed by atoms with E-state index in [-0.39, 0.29) is 6.54 Å². The van der Waals surface area contributed by atoms with E-state index in [1.165, 1.54) is 23.3 Å². The lowest BCUT2D eigenvalue weighted by Gasteiger charge is -2.35. The fraction of sp³-hybridized carbons (Fsp3) is 0.227. The monoisotopic (exact) mass is 409 g/mol. The van der Waals surface area contributed by atoms with Gasteiger partial charge in [-0.2, -0.15) is 0 Å². The number of rotatable bonds is 4. The number of benzene rings is 2. The van der Waals surface area contributed by atoms with Crippen LogP contribution in [0.2, 0.25) is 0 Å². The summed E-state index contributed by atoms with van der Waals surface area (Å²) in [4.78, 5) is 39.3. The molecule has 2 heterocycles. The molecule has 3 aromatic rings. The first kappa shape index (κ1) is 19.1. The van der Waals surface area contributed by atoms with Crippen molar-refractivity contribution in [2.45, 2.75) is 19.0 Å². The number of fused-ring (bicyclic) bond motifs is 2. The van der Waals surface area contributed by atoms with E-state index in [0.29, 0.717) is 11.3 Å². The summed E-state index contributed by atoms with van der Waals surface area (Å²) in [5, 5.41) is 0.953. The summed E-state index contributed by atoms with van der Waals surface area (Å²) < 4.78 is 11.1. The van der Waals surface area contributed by atoms with Crippen molar-refractivity contribution in [3.05, 3.63) is 70.6 Å². The first-order valence-electron chi connectivity index (χ1n) is 9.16. The minimum atomic E-state index is -0.731. The van der Waals surface area contributed by atoms with Crippen LogP contribution in [0.1, 0.15) is 20.8 Å². The third-order valence-corrected chi connectivity index (χ3v) is 6.09. The number of carbonyl (C=O) groups is 3. The van der Waals surface area contributed by atoms with Crippen LogP contribution < -0.4 is 0 Å². The van der Waals surface area contributed by atoms with Crippen molar-refractivity contribution in [2.24, 2.45) is 0 Å². The summed E-state index contributed by atoms with van der Waals surface area (Å²) in [6, 6.07) is 16.3. The van der Waals surface area contributed by atoms with Gasteiger partial charge in [0.2, 0.25) is 0 Å². The Hall–Kier alpha value is -3.19. The molecule has 1 aromatic heterocycles. The number of ether oxygens (including phenoxy) is 2. The predicted molar refractivity (Wildman–Crippen MR) is 109 cm³/mol. The lowest BCUT2D eigenvalue weighted by molar-refractivity contribution is -0.155. The number of nitrogens with zero attached hydrogens (tertiary/aromatic N) is 1. The molecule has 6 nitrogen and oxygen atoms in total. The van der Waals surface area contributed by atoms with Crippen LogP contribution in [-0.4, -0.2) is 42.5 Å². The topological polar surface area (TPSA) is 72.9 Å². The van der Waals surface area contributed by atoms with Crippen LogP contribution in [0, 0.1) is 0 Å². The molecule has 0 bridgehead atoms. The maximum absolute atomic E-state index is 12.8. The van der Waals surface area contributed by atoms with Crippen molar-refractivity contribution in [2.75, 3.05) is 13.7 Å². The van der Waals surface area contributed by atoms with Gasteiger partial charge < -0.3 is 14.4 Å². The second-order valence-corrected chi connectivity index (χ2v) is 7.84. The summed E-state index contributed by atoms with van der Waals surface area (Å²) in [6.45, 7) is -0.155. The van der Waals surface area contributed by atoms with E-state index >= 15 is 0 Å². The third kappa shape index (κ3) is 3.86. The van der Waals surface area contributed by atoms with Crippen molar-refractivity contribution in [1.29, 1.82) is 0 Å². The standard InChI is InChI=1S/C22H19NO5S/c1-27-21(25)17-10-14-6-2-3-8-16(14)12-23(17)20(24)13-28-22(26)19-11-15-7-4-5-9-18(15)29-19/h2-9,11,17H,10,12-13H2,1H3/t17-/m0/s1. The highest BCUT2D eigenvalue weighted by Gasteiger charge is 2.35. The van der Waals surface area contributed by atoms with Gasteiger partial charge in [-0.3, -0.25) is 4.79 Å². The molecule has 1 aliphatic heterocycles. The Morgan fingerprint density at radius 3 is 2.55 bits per heavy atom. The molecule has 0 fully saturated rings. The molecule has 148 valence electrons. The molecule has 0 saturated carbocycles. The summed E-state index contributed by atoms with van der Waals surface area (Å²) in [6.07, 6.45) is 0.374. The van der Waals surface area contributed by atoms with Gasteiger partial charge in [-0.15, -0.1) is 11.3 Å². The molecule has 0 radical (unpaired) electrons. The zero-order chi connectivity index (χ0) is 20.4. The van der Waals surface area contributed by atoms with Crippen molar-refractivity contribution in [3.8, 4) is 0 Å². The van der Waals surface area contributed by atoms with E-state index in [1.54, 1.807) is 6.07 Å². The number of carbonyl (C=O) groups excluding carboxylic acids is 3. The number of hydrogen-bond donors (Lipinski definition) is 0. The van der Waals surface area contributed by atoms with E-state index in [2.05, 4.69) is 0 Å². The molecular weight excluding hydrogens is 390 g/mol. The number of thiophene rings is 1. The Balaban J connectivity index is 1.47. The van der Waals surface area contributed by atoms with E-state index in [9.17, 15) is 14.4 Å². The summed E-state index contributed by atoms with van der Waals surface area (Å²) in [7, 11) is 1.30. The molecule has 1 aliphatic rings. The zero-order valence-electron chi connectivity index (χ0n) is 15.8. The number of esters is 2. The average molecular weight is 409 g/mol. The molecule has 7 heteroatoms. The van der Waals surface area contributed by atoms with Crippen LogP contribution in [0.25, 0.3) is 10.1 Å². The van der Waals surface area contributed by atoms with Crippen LogP contribution in [-0.2, 0) is 32.0 Å². The molecule has 0 saturated heterocycles. The highest BCUT2D eigenvalue weighted by atomic mass is 32.1. The van der Waals surface area contributed by atoms with Gasteiger partial charge in [-0.1, -0.05) is 42.5 Å². The molecule has 0 N–H and O–H groups in total. The average Bonchev–Trinajstić information content (AvgIpc) is 3.20. The van der Waals surface area contributed by atoms with Crippen LogP contribution in [0.3, 0.4) is 0 Å². The molecule has 2 aromatic carbocycles. The van der Waals surface area contributed by atoms with Gasteiger partial charge >= 0.3 is 11.9 Å². The van der Waals surface area contributed by atoms with E-state index in [1.807, 2.05) is 48.5 Å². The Morgan fingerprint density at radius 1 is 1.07 bits per heavy atom. The summed E-state index contributed by atoms with van der Waals surface area (Å²) in [5.41, 5.74) is 1.98. The van der Waals surface area contributed by atoms with Crippen molar-refractivity contribution in [1.82, 2.24) is 4.90 Å². The van der Waals surface area contributed by atoms with E-state index in [0.717, 1.165) is 21.2 Å². The van der Waals surface area contributed by atoms with Gasteiger partial charge in [0.1, 0.15) is 10.9 Å². The Morgan fingerprint density at radius 2 is 1.79 bits per heavy atom. The third-order valence-electron chi connectivity index (χ3n) is 5.00. The van der Waals surface area contributed by atoms with Crippen LogP contribution in [0.15, 0.2) is 54.6 Å². The normalized spacial score (nSPS) is 15.6. The van der Waals surface area contributed by atoms with Gasteiger partial charge in [-0.25, -0.2) is 9.59 Å². The molecule has 1 amide bonds. The zero-order valence-corrected chi connectivity index (χ0v) is 16.6. The number of methoxy groups -OCH3 is 1. The van der Waals surface area contributed by atoms with Crippen molar-refractivity contribution in [3.63, 3.8) is 0 Å². The largest absolute Gasteiger partial charge is 0.467 e. The molecule has 0 spiro atoms. The number of hydrogen-bond acceptors (Lipinski definition) is 6. The van der Waals surface area contributed by atoms with Crippen LogP contribution in [0.4, 0.5) is 0 Å². The van der Waals surface area contributed by atoms with Crippen molar-refractivity contribution < 1.29 is 23.9 Å². The lowest BCUT2D eigenvalue weighted by Crippen LogP contribution is -2.50. The Bertz CT molecular complexity index is 1060. The molecular formula is C22H19NO5S. The van der Waals surface area contributed by atoms with Gasteiger partial charge in [0.05, 0.1) is 7.11 Å². The fourth-order valence-electron chi connectivity index (χ4n) is 3.50. The maximum atomic E-state index is 12.8. The first-order valence-corrected chi connectivity index (χ1v) is 9.98. The van der Waals surface area contributed by atoms with Crippen LogP contribution in [0.5, 0.6) is 0 Å². The van der Waals surface area contributed by atoms with E-state index in [4.69, 9.17) is 9.47 Å². The SMILES string of the molecule is COC(=O)[C@@H]1Cc2ccccc2CN1C(=O)COC(=O)c1cc2ccccc2s1. The maximum Gasteiger partial charge on any atom is 0.348 e. The summed E-state index contributed by atoms with van der Waals surface area (Å²) >= 11 is 1.32. The van der Waals surface area contributed by atoms with Gasteiger partial charge in [0.25, 0.3) is 5.91 Å². The smallest absolute Gasteiger partial charge is 0.348 e. The van der Waals surface area contributed by atoms with Gasteiger partial charge in [0.15, 0.2) is 6.61 Å². The van der Waals surface area contributed by atoms with Crippen LogP contribution >= 0.6 is 11.3 Å². The molecule has 0 unspecified atom stereocenters. The quantitative estimate of drug-likeness (QED) is 0.619. The van der Waals surface area contributed by atoms with Gasteiger partial charge in [-0.05, 0) is 28.6 Å². The second kappa shape index (κ2) is 8.05. The second-order valence-electron chi connectivity index (χ2n) is 6.76. The van der Waals surface area contributed by atoms with Crippen molar-refractivity contribution >= 4 is 39.3 Å². The summed E-state index contributed by atoms with van der Waals surface area (Å²) in [5.74, 6) is -1.46.